The fraction of sp³-hybridized carbons (Fsp3) is 0.583. The predicted molar refractivity (Wildman–Crippen MR) is 141 cm³/mol. The van der Waals surface area contributed by atoms with Crippen LogP contribution in [0.1, 0.15) is 20.8 Å². The number of nitrogens with one attached hydrogen (secondary N) is 3. The quantitative estimate of drug-likeness (QED) is 0.0927. The van der Waals surface area contributed by atoms with Crippen molar-refractivity contribution in [3.05, 3.63) is 22.6 Å². The number of aromatic amines is 1. The zero-order valence-corrected chi connectivity index (χ0v) is 25.5. The van der Waals surface area contributed by atoms with Gasteiger partial charge in [-0.25, -0.2) is 4.79 Å². The third-order valence-electron chi connectivity index (χ3n) is 5.06. The second-order valence-electron chi connectivity index (χ2n) is 9.51. The first-order valence-electron chi connectivity index (χ1n) is 12.3. The summed E-state index contributed by atoms with van der Waals surface area (Å²) in [7, 11) is 1.55. The van der Waals surface area contributed by atoms with Gasteiger partial charge in [-0.05, 0) is 26.8 Å². The van der Waals surface area contributed by atoms with Crippen LogP contribution in [0.3, 0.4) is 0 Å². The summed E-state index contributed by atoms with van der Waals surface area (Å²) < 4.78 is 22.1. The summed E-state index contributed by atoms with van der Waals surface area (Å²) in [5.74, 6) is -2.11. The molecule has 0 aliphatic carbocycles. The SMILES string of the molecule is COCCOCCOCC(CN(CC(=O)O)C(=O)Cn1ccc2c(=O)[nH]c(NC(=O)OC(C)(C)C)nc21)N[C-]=O.[Fm]. The molecule has 0 fully saturated rings. The van der Waals surface area contributed by atoms with Crippen LogP contribution in [0.5, 0.6) is 0 Å². The molecule has 1 atom stereocenters. The maximum atomic E-state index is 13.1. The van der Waals surface area contributed by atoms with Crippen LogP contribution in [0.2, 0.25) is 0 Å². The molecule has 0 saturated carbocycles. The molecule has 0 spiro atoms. The van der Waals surface area contributed by atoms with Crippen molar-refractivity contribution in [2.24, 2.45) is 0 Å². The smallest absolute Gasteiger partial charge is 0.414 e. The maximum absolute atomic E-state index is 13.1. The molecular formula is C24H35FmN6O10-. The van der Waals surface area contributed by atoms with Gasteiger partial charge in [0.15, 0.2) is 0 Å². The predicted octanol–water partition coefficient (Wildman–Crippen LogP) is -0.310. The van der Waals surface area contributed by atoms with Crippen molar-refractivity contribution in [2.75, 3.05) is 58.6 Å². The molecular weight excluding hydrogens is 789 g/mol. The monoisotopic (exact) mass is 824 g/mol. The Hall–Kier alpha value is -5.02. The number of carboxylic acid groups (broad SMARTS) is 1. The van der Waals surface area contributed by atoms with Crippen molar-refractivity contribution in [3.63, 3.8) is 0 Å². The van der Waals surface area contributed by atoms with Gasteiger partial charge in [0.05, 0.1) is 38.4 Å². The first-order chi connectivity index (χ1) is 18.9. The average molecular weight is 825 g/mol. The molecule has 0 radical (unpaired) electrons. The van der Waals surface area contributed by atoms with E-state index in [0.29, 0.717) is 13.2 Å². The third kappa shape index (κ3) is 11.7. The van der Waals surface area contributed by atoms with E-state index < -0.39 is 41.7 Å². The Bertz CT molecular complexity index is 1210. The number of fused-ring (bicyclic) bond motifs is 1. The van der Waals surface area contributed by atoms with Gasteiger partial charge in [0.1, 0.15) is 24.3 Å². The Morgan fingerprint density at radius 1 is 1.20 bits per heavy atom. The van der Waals surface area contributed by atoms with Gasteiger partial charge in [-0.2, -0.15) is 11.4 Å². The standard InChI is InChI=1S/C24H35N6O10.Fm/c1-24(2,3)40-23(36)28-22-26-20-17(21(35)27-22)5-6-29(20)12-18(32)30(13-19(33)34)11-16(25-15-31)14-39-10-9-38-8-7-37-4;/h5-6,16H,7-14H2,1-4H3,(H,25,31)(H,33,34)(H2,26,27,28,35,36);/q-1;. The van der Waals surface area contributed by atoms with E-state index in [0.717, 1.165) is 4.90 Å². The van der Waals surface area contributed by atoms with Crippen LogP contribution >= 0.6 is 0 Å². The molecule has 0 bridgehead atoms. The molecule has 3 amide bonds. The average Bonchev–Trinajstić information content (AvgIpc) is 3.24. The number of amides is 3. The van der Waals surface area contributed by atoms with Crippen LogP contribution in [0.15, 0.2) is 17.1 Å². The summed E-state index contributed by atoms with van der Waals surface area (Å²) in [6, 6.07) is 0.674. The molecule has 0 aromatic carbocycles. The molecule has 234 valence electrons. The molecule has 4 N–H and O–H groups in total. The number of nitrogens with zero attached hydrogens (tertiary/aromatic N) is 3. The number of rotatable bonds is 17. The summed E-state index contributed by atoms with van der Waals surface area (Å²) >= 11 is 0. The van der Waals surface area contributed by atoms with Crippen LogP contribution in [-0.2, 0) is 39.9 Å². The fourth-order valence-electron chi connectivity index (χ4n) is 3.40. The van der Waals surface area contributed by atoms with E-state index in [1.807, 2.05) is 0 Å². The van der Waals surface area contributed by atoms with Crippen LogP contribution in [0.25, 0.3) is 11.0 Å². The number of H-pyrrole nitrogens is 1. The summed E-state index contributed by atoms with van der Waals surface area (Å²) in [5.41, 5.74) is -1.28. The normalized spacial score (nSPS) is 11.8. The number of carboxylic acids is 1. The topological polar surface area (TPSA) is 203 Å². The summed E-state index contributed by atoms with van der Waals surface area (Å²) in [6.45, 7) is 5.03. The second-order valence-corrected chi connectivity index (χ2v) is 9.51. The zero-order chi connectivity index (χ0) is 29.7. The second kappa shape index (κ2) is 16.2. The van der Waals surface area contributed by atoms with Gasteiger partial charge < -0.3 is 43.6 Å². The van der Waals surface area contributed by atoms with E-state index in [4.69, 9.17) is 18.9 Å². The van der Waals surface area contributed by atoms with Gasteiger partial charge in [0.25, 0.3) is 5.56 Å². The van der Waals surface area contributed by atoms with E-state index in [2.05, 4.69) is 20.6 Å². The van der Waals surface area contributed by atoms with Crippen molar-refractivity contribution >= 4 is 41.4 Å². The Kier molecular flexibility index (Phi) is 13.4. The van der Waals surface area contributed by atoms with Crippen LogP contribution in [-0.4, -0.2) is 114 Å². The van der Waals surface area contributed by atoms with E-state index >= 15 is 0 Å². The summed E-state index contributed by atoms with van der Waals surface area (Å²) in [5, 5.41) is 14.2. The molecule has 2 heterocycles. The number of aromatic nitrogens is 3. The number of aliphatic carboxylic acids is 1. The first kappa shape index (κ1) is 34.0. The minimum absolute atomic E-state index is 0. The van der Waals surface area contributed by atoms with Crippen molar-refractivity contribution in [3.8, 4) is 0 Å². The molecule has 0 aliphatic rings. The summed E-state index contributed by atoms with van der Waals surface area (Å²) in [6.07, 6.45) is 2.13. The fourth-order valence-corrected chi connectivity index (χ4v) is 3.40. The molecule has 17 heteroatoms. The molecule has 0 saturated heterocycles. The van der Waals surface area contributed by atoms with Crippen LogP contribution in [0.4, 0.5) is 10.7 Å². The van der Waals surface area contributed by atoms with Crippen molar-refractivity contribution in [1.82, 2.24) is 24.8 Å². The number of hydrogen-bond acceptors (Lipinski definition) is 10. The summed E-state index contributed by atoms with van der Waals surface area (Å²) in [4.78, 5) is 67.9. The Morgan fingerprint density at radius 2 is 1.88 bits per heavy atom. The van der Waals surface area contributed by atoms with Crippen LogP contribution < -0.4 is 16.2 Å². The van der Waals surface area contributed by atoms with Gasteiger partial charge in [0, 0.05) is 25.9 Å². The van der Waals surface area contributed by atoms with Gasteiger partial charge in [-0.3, -0.25) is 24.7 Å². The number of ether oxygens (including phenoxy) is 4. The molecule has 0 aliphatic heterocycles. The molecule has 16 nitrogen and oxygen atoms in total. The first-order valence-corrected chi connectivity index (χ1v) is 12.3. The largest absolute Gasteiger partial charge is 0.524 e. The molecule has 41 heavy (non-hydrogen) atoms. The number of methoxy groups -OCH3 is 1. The van der Waals surface area contributed by atoms with Gasteiger partial charge >= 0.3 is 12.1 Å². The Morgan fingerprint density at radius 3 is 2.51 bits per heavy atom. The number of carbonyl (C=O) groups excluding carboxylic acids is 3. The van der Waals surface area contributed by atoms with Crippen molar-refractivity contribution in [1.29, 1.82) is 0 Å². The van der Waals surface area contributed by atoms with Gasteiger partial charge in [0.2, 0.25) is 11.9 Å². The zero-order valence-electron chi connectivity index (χ0n) is 23.1. The Labute approximate surface area is 229 Å². The van der Waals surface area contributed by atoms with Crippen LogP contribution in [0, 0.1) is 0 Å². The number of carbonyl (C=O) groups is 3. The van der Waals surface area contributed by atoms with E-state index in [-0.39, 0.29) is 49.9 Å². The Balaban J connectivity index is 0.00000840. The third-order valence-corrected chi connectivity index (χ3v) is 5.06. The van der Waals surface area contributed by atoms with Gasteiger partial charge in [-0.1, -0.05) is 0 Å². The van der Waals surface area contributed by atoms with E-state index in [1.165, 1.54) is 23.2 Å². The number of hydrogen-bond donors (Lipinski definition) is 4. The molecule has 2 aromatic rings. The van der Waals surface area contributed by atoms with E-state index in [9.17, 15) is 29.1 Å². The minimum atomic E-state index is -1.27. The molecule has 2 aromatic heterocycles. The van der Waals surface area contributed by atoms with Crippen molar-refractivity contribution in [2.45, 2.75) is 39.0 Å². The van der Waals surface area contributed by atoms with Gasteiger partial charge in [-0.15, -0.1) is 0 Å². The van der Waals surface area contributed by atoms with E-state index in [1.54, 1.807) is 27.9 Å². The number of anilines is 1. The molecule has 2 rings (SSSR count). The maximum Gasteiger partial charge on any atom is 0.414 e. The minimum Gasteiger partial charge on any atom is -0.524 e. The molecule has 1 unspecified atom stereocenters. The van der Waals surface area contributed by atoms with Crippen molar-refractivity contribution < 1.29 is 43.2 Å².